The Hall–Kier alpha value is -2.99. The molecule has 0 bridgehead atoms. The van der Waals surface area contributed by atoms with Crippen molar-refractivity contribution in [3.63, 3.8) is 0 Å². The zero-order valence-electron chi connectivity index (χ0n) is 13.0. The van der Waals surface area contributed by atoms with Crippen molar-refractivity contribution in [1.82, 2.24) is 20.1 Å². The molecule has 0 fully saturated rings. The van der Waals surface area contributed by atoms with Crippen LogP contribution in [0.15, 0.2) is 67.3 Å². The number of carbonyl (C=O) groups excluding carboxylic acids is 1. The predicted molar refractivity (Wildman–Crippen MR) is 89.8 cm³/mol. The third kappa shape index (κ3) is 3.85. The minimum absolute atomic E-state index is 0.112. The largest absolute Gasteiger partial charge is 0.394 e. The molecule has 0 aliphatic rings. The van der Waals surface area contributed by atoms with E-state index in [2.05, 4.69) is 15.5 Å². The summed E-state index contributed by atoms with van der Waals surface area (Å²) in [6.45, 7) is -0.112. The number of nitrogens with one attached hydrogen (secondary N) is 1. The summed E-state index contributed by atoms with van der Waals surface area (Å²) in [7, 11) is 0. The van der Waals surface area contributed by atoms with Gasteiger partial charge in [-0.2, -0.15) is 0 Å². The van der Waals surface area contributed by atoms with Crippen LogP contribution in [0.1, 0.15) is 15.9 Å². The summed E-state index contributed by atoms with van der Waals surface area (Å²) < 4.78 is 1.76. The van der Waals surface area contributed by atoms with E-state index in [4.69, 9.17) is 0 Å². The lowest BCUT2D eigenvalue weighted by Gasteiger charge is -2.16. The number of aliphatic hydroxyl groups excluding tert-OH is 1. The maximum atomic E-state index is 12.3. The molecule has 0 unspecified atom stereocenters. The van der Waals surface area contributed by atoms with Crippen molar-refractivity contribution in [3.8, 4) is 5.69 Å². The van der Waals surface area contributed by atoms with E-state index in [9.17, 15) is 9.90 Å². The van der Waals surface area contributed by atoms with Crippen LogP contribution in [0.25, 0.3) is 5.69 Å². The number of aromatic nitrogens is 3. The molecule has 1 amide bonds. The van der Waals surface area contributed by atoms with Gasteiger partial charge in [0.1, 0.15) is 12.7 Å². The minimum atomic E-state index is -0.322. The highest BCUT2D eigenvalue weighted by molar-refractivity contribution is 5.94. The number of hydrogen-bond donors (Lipinski definition) is 2. The maximum Gasteiger partial charge on any atom is 0.251 e. The standard InChI is InChI=1S/C18H18N4O2/c23-11-16(10-14-4-2-1-3-5-14)21-18(24)15-6-8-17(9-7-15)22-12-19-20-13-22/h1-9,12-13,16,23H,10-11H2,(H,21,24)/t16-/m0/s1. The second kappa shape index (κ2) is 7.52. The van der Waals surface area contributed by atoms with E-state index in [-0.39, 0.29) is 18.6 Å². The van der Waals surface area contributed by atoms with Crippen LogP contribution in [0.2, 0.25) is 0 Å². The zero-order valence-corrected chi connectivity index (χ0v) is 13.0. The van der Waals surface area contributed by atoms with Gasteiger partial charge in [-0.15, -0.1) is 10.2 Å². The van der Waals surface area contributed by atoms with Gasteiger partial charge >= 0.3 is 0 Å². The van der Waals surface area contributed by atoms with Crippen molar-refractivity contribution < 1.29 is 9.90 Å². The summed E-state index contributed by atoms with van der Waals surface area (Å²) in [5.74, 6) is -0.208. The SMILES string of the molecule is O=C(N[C@H](CO)Cc1ccccc1)c1ccc(-n2cnnc2)cc1. The number of hydrogen-bond acceptors (Lipinski definition) is 4. The molecule has 1 atom stereocenters. The average Bonchev–Trinajstić information content (AvgIpc) is 3.17. The Kier molecular flexibility index (Phi) is 4.98. The zero-order chi connectivity index (χ0) is 16.8. The van der Waals surface area contributed by atoms with Gasteiger partial charge in [-0.3, -0.25) is 9.36 Å². The lowest BCUT2D eigenvalue weighted by Crippen LogP contribution is -2.39. The quantitative estimate of drug-likeness (QED) is 0.722. The molecule has 6 nitrogen and oxygen atoms in total. The highest BCUT2D eigenvalue weighted by Gasteiger charge is 2.13. The Morgan fingerprint density at radius 2 is 1.71 bits per heavy atom. The normalized spacial score (nSPS) is 11.9. The third-order valence-corrected chi connectivity index (χ3v) is 3.73. The first-order valence-corrected chi connectivity index (χ1v) is 7.67. The highest BCUT2D eigenvalue weighted by Crippen LogP contribution is 2.10. The van der Waals surface area contributed by atoms with Crippen molar-refractivity contribution in [2.75, 3.05) is 6.61 Å². The smallest absolute Gasteiger partial charge is 0.251 e. The molecule has 0 aliphatic heterocycles. The monoisotopic (exact) mass is 322 g/mol. The number of benzene rings is 2. The molecule has 2 N–H and O–H groups in total. The van der Waals surface area contributed by atoms with Crippen molar-refractivity contribution in [2.45, 2.75) is 12.5 Å². The van der Waals surface area contributed by atoms with E-state index in [1.54, 1.807) is 29.4 Å². The van der Waals surface area contributed by atoms with E-state index in [1.165, 1.54) is 0 Å². The number of amides is 1. The first kappa shape index (κ1) is 15.9. The molecule has 3 rings (SSSR count). The van der Waals surface area contributed by atoms with Gasteiger partial charge in [0.05, 0.1) is 12.6 Å². The molecule has 122 valence electrons. The van der Waals surface area contributed by atoms with Gasteiger partial charge in [0.15, 0.2) is 0 Å². The predicted octanol–water partition coefficient (Wildman–Crippen LogP) is 1.60. The Balaban J connectivity index is 1.65. The van der Waals surface area contributed by atoms with Crippen LogP contribution >= 0.6 is 0 Å². The number of nitrogens with zero attached hydrogens (tertiary/aromatic N) is 3. The minimum Gasteiger partial charge on any atom is -0.394 e. The van der Waals surface area contributed by atoms with Gasteiger partial charge in [-0.05, 0) is 36.2 Å². The third-order valence-electron chi connectivity index (χ3n) is 3.73. The molecule has 0 spiro atoms. The van der Waals surface area contributed by atoms with Crippen LogP contribution in [0.5, 0.6) is 0 Å². The van der Waals surface area contributed by atoms with Gasteiger partial charge in [0, 0.05) is 11.3 Å². The van der Waals surface area contributed by atoms with E-state index in [0.29, 0.717) is 12.0 Å². The number of carbonyl (C=O) groups is 1. The summed E-state index contributed by atoms with van der Waals surface area (Å²) in [6.07, 6.45) is 3.77. The molecule has 1 aromatic heterocycles. The van der Waals surface area contributed by atoms with Crippen LogP contribution in [-0.4, -0.2) is 38.4 Å². The van der Waals surface area contributed by atoms with Gasteiger partial charge in [-0.1, -0.05) is 30.3 Å². The van der Waals surface area contributed by atoms with Crippen molar-refractivity contribution in [2.24, 2.45) is 0 Å². The van der Waals surface area contributed by atoms with Crippen LogP contribution in [0.4, 0.5) is 0 Å². The lowest BCUT2D eigenvalue weighted by atomic mass is 10.1. The number of rotatable bonds is 6. The lowest BCUT2D eigenvalue weighted by molar-refractivity contribution is 0.0916. The van der Waals surface area contributed by atoms with E-state index in [0.717, 1.165) is 11.3 Å². The van der Waals surface area contributed by atoms with Gasteiger partial charge in [-0.25, -0.2) is 0 Å². The van der Waals surface area contributed by atoms with Crippen LogP contribution in [0, 0.1) is 0 Å². The summed E-state index contributed by atoms with van der Waals surface area (Å²) in [4.78, 5) is 12.3. The summed E-state index contributed by atoms with van der Waals surface area (Å²) in [5.41, 5.74) is 2.48. The van der Waals surface area contributed by atoms with E-state index >= 15 is 0 Å². The van der Waals surface area contributed by atoms with Crippen LogP contribution in [-0.2, 0) is 6.42 Å². The molecule has 0 saturated carbocycles. The molecule has 1 heterocycles. The highest BCUT2D eigenvalue weighted by atomic mass is 16.3. The van der Waals surface area contributed by atoms with Crippen molar-refractivity contribution in [3.05, 3.63) is 78.4 Å². The molecule has 24 heavy (non-hydrogen) atoms. The Morgan fingerprint density at radius 3 is 2.33 bits per heavy atom. The molecule has 0 saturated heterocycles. The van der Waals surface area contributed by atoms with Gasteiger partial charge in [0.25, 0.3) is 5.91 Å². The molecule has 6 heteroatoms. The van der Waals surface area contributed by atoms with Crippen LogP contribution in [0.3, 0.4) is 0 Å². The first-order chi connectivity index (χ1) is 11.8. The second-order valence-electron chi connectivity index (χ2n) is 5.46. The topological polar surface area (TPSA) is 80.0 Å². The van der Waals surface area contributed by atoms with Crippen LogP contribution < -0.4 is 5.32 Å². The van der Waals surface area contributed by atoms with Crippen molar-refractivity contribution >= 4 is 5.91 Å². The molecule has 0 radical (unpaired) electrons. The summed E-state index contributed by atoms with van der Waals surface area (Å²) >= 11 is 0. The average molecular weight is 322 g/mol. The fourth-order valence-electron chi connectivity index (χ4n) is 2.45. The maximum absolute atomic E-state index is 12.3. The Bertz CT molecular complexity index is 771. The molecule has 0 aliphatic carbocycles. The van der Waals surface area contributed by atoms with Crippen molar-refractivity contribution in [1.29, 1.82) is 0 Å². The Labute approximate surface area is 139 Å². The van der Waals surface area contributed by atoms with E-state index < -0.39 is 0 Å². The fraction of sp³-hybridized carbons (Fsp3) is 0.167. The first-order valence-electron chi connectivity index (χ1n) is 7.67. The summed E-state index contributed by atoms with van der Waals surface area (Å²) in [5, 5.41) is 19.9. The summed E-state index contributed by atoms with van der Waals surface area (Å²) in [6, 6.07) is 16.6. The number of aliphatic hydroxyl groups is 1. The Morgan fingerprint density at radius 1 is 1.04 bits per heavy atom. The van der Waals surface area contributed by atoms with Gasteiger partial charge in [0.2, 0.25) is 0 Å². The van der Waals surface area contributed by atoms with Gasteiger partial charge < -0.3 is 10.4 Å². The second-order valence-corrected chi connectivity index (χ2v) is 5.46. The molecular weight excluding hydrogens is 304 g/mol. The fourth-order valence-corrected chi connectivity index (χ4v) is 2.45. The molecule has 2 aromatic carbocycles. The molecule has 3 aromatic rings. The van der Waals surface area contributed by atoms with E-state index in [1.807, 2.05) is 42.5 Å². The molecular formula is C18H18N4O2.